The lowest BCUT2D eigenvalue weighted by Crippen LogP contribution is -2.39. The molecule has 0 amide bonds. The molecule has 0 bridgehead atoms. The SMILES string of the molecule is CCCC(CNC(C)(C)C)Cc1ccccc1Br. The van der Waals surface area contributed by atoms with Crippen LogP contribution in [-0.2, 0) is 6.42 Å². The minimum atomic E-state index is 0.208. The lowest BCUT2D eigenvalue weighted by atomic mass is 9.94. The van der Waals surface area contributed by atoms with Crippen LogP contribution in [-0.4, -0.2) is 12.1 Å². The van der Waals surface area contributed by atoms with Gasteiger partial charge in [-0.05, 0) is 57.7 Å². The molecule has 1 aromatic carbocycles. The summed E-state index contributed by atoms with van der Waals surface area (Å²) in [4.78, 5) is 0. The number of benzene rings is 1. The van der Waals surface area contributed by atoms with Gasteiger partial charge in [-0.3, -0.25) is 0 Å². The lowest BCUT2D eigenvalue weighted by Gasteiger charge is -2.25. The summed E-state index contributed by atoms with van der Waals surface area (Å²) in [6.45, 7) is 10.1. The third kappa shape index (κ3) is 6.01. The summed E-state index contributed by atoms with van der Waals surface area (Å²) in [5.41, 5.74) is 1.63. The highest BCUT2D eigenvalue weighted by molar-refractivity contribution is 9.10. The molecule has 102 valence electrons. The van der Waals surface area contributed by atoms with E-state index >= 15 is 0 Å². The van der Waals surface area contributed by atoms with Crippen LogP contribution in [0.25, 0.3) is 0 Å². The van der Waals surface area contributed by atoms with Crippen molar-refractivity contribution in [2.75, 3.05) is 6.54 Å². The Labute approximate surface area is 120 Å². The maximum absolute atomic E-state index is 3.65. The van der Waals surface area contributed by atoms with E-state index in [0.29, 0.717) is 5.92 Å². The van der Waals surface area contributed by atoms with Gasteiger partial charge in [0.15, 0.2) is 0 Å². The van der Waals surface area contributed by atoms with Gasteiger partial charge in [0.25, 0.3) is 0 Å². The molecule has 18 heavy (non-hydrogen) atoms. The van der Waals surface area contributed by atoms with Crippen LogP contribution in [0.2, 0.25) is 0 Å². The summed E-state index contributed by atoms with van der Waals surface area (Å²) >= 11 is 3.65. The number of halogens is 1. The molecule has 1 unspecified atom stereocenters. The molecule has 0 radical (unpaired) electrons. The van der Waals surface area contributed by atoms with E-state index in [-0.39, 0.29) is 5.54 Å². The third-order valence-electron chi connectivity index (χ3n) is 3.08. The lowest BCUT2D eigenvalue weighted by molar-refractivity contribution is 0.354. The molecule has 0 spiro atoms. The Kier molecular flexibility index (Phi) is 6.37. The molecule has 1 N–H and O–H groups in total. The van der Waals surface area contributed by atoms with Crippen molar-refractivity contribution < 1.29 is 0 Å². The van der Waals surface area contributed by atoms with Gasteiger partial charge in [-0.1, -0.05) is 47.5 Å². The normalized spacial score (nSPS) is 13.6. The van der Waals surface area contributed by atoms with Gasteiger partial charge in [0.1, 0.15) is 0 Å². The molecule has 0 saturated carbocycles. The fourth-order valence-corrected chi connectivity index (χ4v) is 2.56. The Morgan fingerprint density at radius 1 is 1.22 bits per heavy atom. The molecular weight excluding hydrogens is 286 g/mol. The van der Waals surface area contributed by atoms with Crippen LogP contribution < -0.4 is 5.32 Å². The molecule has 0 saturated heterocycles. The van der Waals surface area contributed by atoms with E-state index in [1.165, 1.54) is 22.9 Å². The molecule has 0 aliphatic carbocycles. The van der Waals surface area contributed by atoms with Gasteiger partial charge >= 0.3 is 0 Å². The van der Waals surface area contributed by atoms with Crippen molar-refractivity contribution in [2.45, 2.75) is 52.5 Å². The Morgan fingerprint density at radius 3 is 2.44 bits per heavy atom. The Balaban J connectivity index is 2.60. The average molecular weight is 312 g/mol. The first-order valence-corrected chi connectivity index (χ1v) is 7.70. The van der Waals surface area contributed by atoms with Crippen molar-refractivity contribution >= 4 is 15.9 Å². The second-order valence-electron chi connectivity index (χ2n) is 6.08. The van der Waals surface area contributed by atoms with E-state index in [9.17, 15) is 0 Å². The zero-order valence-corrected chi connectivity index (χ0v) is 13.7. The standard InChI is InChI=1S/C16H26BrN/c1-5-8-13(12-18-16(2,3)4)11-14-9-6-7-10-15(14)17/h6-7,9-10,13,18H,5,8,11-12H2,1-4H3. The van der Waals surface area contributed by atoms with Gasteiger partial charge < -0.3 is 5.32 Å². The predicted molar refractivity (Wildman–Crippen MR) is 84.0 cm³/mol. The maximum Gasteiger partial charge on any atom is 0.0207 e. The average Bonchev–Trinajstić information content (AvgIpc) is 2.28. The van der Waals surface area contributed by atoms with Crippen molar-refractivity contribution in [2.24, 2.45) is 5.92 Å². The largest absolute Gasteiger partial charge is 0.312 e. The van der Waals surface area contributed by atoms with Crippen molar-refractivity contribution in [1.29, 1.82) is 0 Å². The van der Waals surface area contributed by atoms with Gasteiger partial charge in [0.05, 0.1) is 0 Å². The molecule has 0 aliphatic heterocycles. The first-order chi connectivity index (χ1) is 8.42. The van der Waals surface area contributed by atoms with Crippen molar-refractivity contribution in [3.63, 3.8) is 0 Å². The molecular formula is C16H26BrN. The topological polar surface area (TPSA) is 12.0 Å². The number of hydrogen-bond donors (Lipinski definition) is 1. The molecule has 2 heteroatoms. The highest BCUT2D eigenvalue weighted by atomic mass is 79.9. The Bertz CT molecular complexity index is 354. The smallest absolute Gasteiger partial charge is 0.0207 e. The van der Waals surface area contributed by atoms with E-state index in [4.69, 9.17) is 0 Å². The summed E-state index contributed by atoms with van der Waals surface area (Å²) in [5.74, 6) is 0.716. The fraction of sp³-hybridized carbons (Fsp3) is 0.625. The van der Waals surface area contributed by atoms with E-state index < -0.39 is 0 Å². The number of nitrogens with one attached hydrogen (secondary N) is 1. The first kappa shape index (κ1) is 15.7. The quantitative estimate of drug-likeness (QED) is 0.796. The fourth-order valence-electron chi connectivity index (χ4n) is 2.11. The van der Waals surface area contributed by atoms with Gasteiger partial charge in [-0.15, -0.1) is 0 Å². The molecule has 0 fully saturated rings. The van der Waals surface area contributed by atoms with Crippen molar-refractivity contribution in [3.05, 3.63) is 34.3 Å². The molecule has 1 atom stereocenters. The van der Waals surface area contributed by atoms with E-state index in [0.717, 1.165) is 13.0 Å². The highest BCUT2D eigenvalue weighted by Gasteiger charge is 2.15. The van der Waals surface area contributed by atoms with Crippen molar-refractivity contribution in [3.8, 4) is 0 Å². The summed E-state index contributed by atoms with van der Waals surface area (Å²) in [7, 11) is 0. The van der Waals surface area contributed by atoms with Gasteiger partial charge in [-0.25, -0.2) is 0 Å². The summed E-state index contributed by atoms with van der Waals surface area (Å²) < 4.78 is 1.24. The van der Waals surface area contributed by atoms with Crippen LogP contribution in [0.4, 0.5) is 0 Å². The molecule has 0 aromatic heterocycles. The number of hydrogen-bond acceptors (Lipinski definition) is 1. The Morgan fingerprint density at radius 2 is 1.89 bits per heavy atom. The minimum absolute atomic E-state index is 0.208. The van der Waals surface area contributed by atoms with Gasteiger partial charge in [0, 0.05) is 10.0 Å². The molecule has 1 rings (SSSR count). The zero-order chi connectivity index (χ0) is 13.6. The molecule has 0 heterocycles. The second-order valence-corrected chi connectivity index (χ2v) is 6.94. The predicted octanol–water partition coefficient (Wildman–Crippen LogP) is 4.80. The number of rotatable bonds is 6. The van der Waals surface area contributed by atoms with Gasteiger partial charge in [0.2, 0.25) is 0 Å². The zero-order valence-electron chi connectivity index (χ0n) is 12.1. The molecule has 0 aliphatic rings. The van der Waals surface area contributed by atoms with Crippen LogP contribution >= 0.6 is 15.9 Å². The van der Waals surface area contributed by atoms with Gasteiger partial charge in [-0.2, -0.15) is 0 Å². The van der Waals surface area contributed by atoms with E-state index in [1.54, 1.807) is 0 Å². The molecule has 1 aromatic rings. The molecule has 1 nitrogen and oxygen atoms in total. The summed E-state index contributed by atoms with van der Waals surface area (Å²) in [6, 6.07) is 8.56. The van der Waals surface area contributed by atoms with E-state index in [1.807, 2.05) is 0 Å². The minimum Gasteiger partial charge on any atom is -0.312 e. The van der Waals surface area contributed by atoms with Crippen LogP contribution in [0.3, 0.4) is 0 Å². The Hall–Kier alpha value is -0.340. The third-order valence-corrected chi connectivity index (χ3v) is 3.86. The summed E-state index contributed by atoms with van der Waals surface area (Å²) in [6.07, 6.45) is 3.68. The second kappa shape index (κ2) is 7.30. The highest BCUT2D eigenvalue weighted by Crippen LogP contribution is 2.21. The maximum atomic E-state index is 3.65. The van der Waals surface area contributed by atoms with Crippen LogP contribution in [0.15, 0.2) is 28.7 Å². The van der Waals surface area contributed by atoms with Crippen molar-refractivity contribution in [1.82, 2.24) is 5.32 Å². The summed E-state index contributed by atoms with van der Waals surface area (Å²) in [5, 5.41) is 3.63. The van der Waals surface area contributed by atoms with Crippen LogP contribution in [0.5, 0.6) is 0 Å². The first-order valence-electron chi connectivity index (χ1n) is 6.91. The van der Waals surface area contributed by atoms with Crippen LogP contribution in [0, 0.1) is 5.92 Å². The van der Waals surface area contributed by atoms with Crippen LogP contribution in [0.1, 0.15) is 46.1 Å². The monoisotopic (exact) mass is 311 g/mol. The van der Waals surface area contributed by atoms with E-state index in [2.05, 4.69) is 73.2 Å².